The Bertz CT molecular complexity index is 1230. The van der Waals surface area contributed by atoms with E-state index in [1.807, 2.05) is 0 Å². The zero-order chi connectivity index (χ0) is 21.0. The van der Waals surface area contributed by atoms with E-state index in [4.69, 9.17) is 10.1 Å². The summed E-state index contributed by atoms with van der Waals surface area (Å²) in [5.74, 6) is 0. The van der Waals surface area contributed by atoms with E-state index in [2.05, 4.69) is 68.1 Å². The lowest BCUT2D eigenvalue weighted by molar-refractivity contribution is 0.452. The molecule has 3 aromatic heterocycles. The molecule has 0 bridgehead atoms. The van der Waals surface area contributed by atoms with Crippen molar-refractivity contribution >= 4 is 16.7 Å². The first-order valence-corrected chi connectivity index (χ1v) is 11.4. The molecule has 30 heavy (non-hydrogen) atoms. The van der Waals surface area contributed by atoms with Crippen molar-refractivity contribution in [1.29, 1.82) is 0 Å². The lowest BCUT2D eigenvalue weighted by Gasteiger charge is -2.18. The highest BCUT2D eigenvalue weighted by Crippen LogP contribution is 2.37. The van der Waals surface area contributed by atoms with E-state index in [9.17, 15) is 0 Å². The number of benzene rings is 1. The van der Waals surface area contributed by atoms with Gasteiger partial charge < -0.3 is 4.57 Å². The van der Waals surface area contributed by atoms with Crippen molar-refractivity contribution in [2.24, 2.45) is 0 Å². The van der Waals surface area contributed by atoms with Crippen LogP contribution in [-0.4, -0.2) is 19.2 Å². The molecule has 1 aromatic carbocycles. The molecule has 5 rings (SSSR count). The Labute approximate surface area is 178 Å². The van der Waals surface area contributed by atoms with Gasteiger partial charge in [0.2, 0.25) is 0 Å². The molecular weight excluding hydrogens is 368 g/mol. The lowest BCUT2D eigenvalue weighted by atomic mass is 9.94. The van der Waals surface area contributed by atoms with Gasteiger partial charge in [0, 0.05) is 17.6 Å². The number of hydrogen-bond acceptors (Lipinski definition) is 2. The third-order valence-electron chi connectivity index (χ3n) is 6.93. The Morgan fingerprint density at radius 3 is 2.17 bits per heavy atom. The highest BCUT2D eigenvalue weighted by atomic mass is 15.3. The Kier molecular flexibility index (Phi) is 4.68. The Hall–Kier alpha value is -2.62. The van der Waals surface area contributed by atoms with Crippen molar-refractivity contribution in [3.8, 4) is 11.1 Å². The maximum atomic E-state index is 5.07. The molecule has 1 fully saturated rings. The van der Waals surface area contributed by atoms with Gasteiger partial charge in [-0.05, 0) is 70.2 Å². The van der Waals surface area contributed by atoms with Crippen molar-refractivity contribution in [3.63, 3.8) is 0 Å². The van der Waals surface area contributed by atoms with Crippen LogP contribution in [0.25, 0.3) is 27.8 Å². The van der Waals surface area contributed by atoms with Crippen molar-refractivity contribution < 1.29 is 0 Å². The van der Waals surface area contributed by atoms with Crippen LogP contribution in [0.1, 0.15) is 72.6 Å². The normalized spacial score (nSPS) is 15.9. The second-order valence-electron chi connectivity index (χ2n) is 9.27. The van der Waals surface area contributed by atoms with Gasteiger partial charge in [0.15, 0.2) is 5.65 Å². The lowest BCUT2D eigenvalue weighted by Crippen LogP contribution is -2.10. The van der Waals surface area contributed by atoms with Gasteiger partial charge >= 0.3 is 0 Å². The van der Waals surface area contributed by atoms with E-state index < -0.39 is 0 Å². The molecule has 0 spiro atoms. The molecule has 0 radical (unpaired) electrons. The summed E-state index contributed by atoms with van der Waals surface area (Å²) in [7, 11) is 0. The Morgan fingerprint density at radius 1 is 0.833 bits per heavy atom. The fourth-order valence-electron chi connectivity index (χ4n) is 5.63. The molecule has 3 heterocycles. The second kappa shape index (κ2) is 7.26. The number of rotatable bonds is 2. The molecule has 0 unspecified atom stereocenters. The Balaban J connectivity index is 1.80. The van der Waals surface area contributed by atoms with Gasteiger partial charge in [-0.3, -0.25) is 0 Å². The smallest absolute Gasteiger partial charge is 0.165 e. The van der Waals surface area contributed by atoms with E-state index in [1.165, 1.54) is 77.4 Å². The van der Waals surface area contributed by atoms with E-state index >= 15 is 0 Å². The summed E-state index contributed by atoms with van der Waals surface area (Å²) in [5, 5.41) is 6.27. The van der Waals surface area contributed by atoms with Crippen LogP contribution in [0.15, 0.2) is 24.4 Å². The van der Waals surface area contributed by atoms with Gasteiger partial charge in [0.1, 0.15) is 5.65 Å². The fraction of sp³-hybridized carbons (Fsp3) is 0.462. The van der Waals surface area contributed by atoms with Crippen molar-refractivity contribution in [2.45, 2.75) is 79.2 Å². The molecular formula is C26H32N4. The highest BCUT2D eigenvalue weighted by Gasteiger charge is 2.23. The maximum absolute atomic E-state index is 5.07. The summed E-state index contributed by atoms with van der Waals surface area (Å²) in [6, 6.07) is 7.34. The monoisotopic (exact) mass is 400 g/mol. The van der Waals surface area contributed by atoms with Crippen molar-refractivity contribution in [2.75, 3.05) is 0 Å². The highest BCUT2D eigenvalue weighted by molar-refractivity contribution is 5.89. The number of nitrogens with zero attached hydrogens (tertiary/aromatic N) is 4. The zero-order valence-corrected chi connectivity index (χ0v) is 18.9. The molecule has 1 aliphatic carbocycles. The Morgan fingerprint density at radius 2 is 1.50 bits per heavy atom. The van der Waals surface area contributed by atoms with Crippen LogP contribution in [-0.2, 0) is 0 Å². The summed E-state index contributed by atoms with van der Waals surface area (Å²) in [5.41, 5.74) is 10.7. The molecule has 1 aliphatic rings. The van der Waals surface area contributed by atoms with Crippen LogP contribution in [0.5, 0.6) is 0 Å². The van der Waals surface area contributed by atoms with Crippen molar-refractivity contribution in [1.82, 2.24) is 19.2 Å². The largest absolute Gasteiger partial charge is 0.329 e. The molecule has 0 amide bonds. The summed E-state index contributed by atoms with van der Waals surface area (Å²) < 4.78 is 4.62. The minimum absolute atomic E-state index is 0.561. The summed E-state index contributed by atoms with van der Waals surface area (Å²) in [6.45, 7) is 10.8. The first-order valence-electron chi connectivity index (χ1n) is 11.4. The molecule has 0 atom stereocenters. The molecule has 1 saturated carbocycles. The molecule has 0 saturated heterocycles. The molecule has 4 nitrogen and oxygen atoms in total. The number of aromatic nitrogens is 4. The quantitative estimate of drug-likeness (QED) is 0.347. The van der Waals surface area contributed by atoms with E-state index in [0.717, 1.165) is 17.0 Å². The number of fused-ring (bicyclic) bond motifs is 3. The van der Waals surface area contributed by atoms with Crippen LogP contribution < -0.4 is 0 Å². The predicted molar refractivity (Wildman–Crippen MR) is 124 cm³/mol. The van der Waals surface area contributed by atoms with Crippen LogP contribution >= 0.6 is 0 Å². The zero-order valence-electron chi connectivity index (χ0n) is 18.9. The predicted octanol–water partition coefficient (Wildman–Crippen LogP) is 6.79. The number of aryl methyl sites for hydroxylation is 5. The van der Waals surface area contributed by atoms with Crippen LogP contribution in [0, 0.1) is 34.6 Å². The average molecular weight is 401 g/mol. The average Bonchev–Trinajstić information content (AvgIpc) is 3.13. The van der Waals surface area contributed by atoms with Gasteiger partial charge in [-0.25, -0.2) is 4.98 Å². The molecule has 156 valence electrons. The summed E-state index contributed by atoms with van der Waals surface area (Å²) in [6.07, 6.45) is 10.2. The topological polar surface area (TPSA) is 35.1 Å². The van der Waals surface area contributed by atoms with Gasteiger partial charge in [-0.2, -0.15) is 9.61 Å². The maximum Gasteiger partial charge on any atom is 0.165 e. The van der Waals surface area contributed by atoms with Gasteiger partial charge in [0.25, 0.3) is 0 Å². The van der Waals surface area contributed by atoms with Gasteiger partial charge in [-0.1, -0.05) is 43.4 Å². The second-order valence-corrected chi connectivity index (χ2v) is 9.27. The van der Waals surface area contributed by atoms with E-state index in [-0.39, 0.29) is 0 Å². The molecule has 4 heteroatoms. The third-order valence-corrected chi connectivity index (χ3v) is 6.93. The van der Waals surface area contributed by atoms with Gasteiger partial charge in [0.05, 0.1) is 17.0 Å². The van der Waals surface area contributed by atoms with Gasteiger partial charge in [-0.15, -0.1) is 0 Å². The van der Waals surface area contributed by atoms with E-state index in [1.54, 1.807) is 0 Å². The SMILES string of the molecule is Cc1cc(C)c(-c2c(C)nn3c2nc(C)c2ccn(C4CCCCCC4)c23)c(C)c1. The molecule has 0 N–H and O–H groups in total. The molecule has 0 aliphatic heterocycles. The van der Waals surface area contributed by atoms with Crippen molar-refractivity contribution in [3.05, 3.63) is 52.5 Å². The first kappa shape index (κ1) is 19.3. The minimum Gasteiger partial charge on any atom is -0.329 e. The third kappa shape index (κ3) is 2.96. The summed E-state index contributed by atoms with van der Waals surface area (Å²) in [4.78, 5) is 5.07. The fourth-order valence-corrected chi connectivity index (χ4v) is 5.63. The van der Waals surface area contributed by atoms with Crippen LogP contribution in [0.4, 0.5) is 0 Å². The standard InChI is InChI=1S/C26H32N4/c1-16-14-17(2)23(18(3)15-16)24-20(5)28-30-25(24)27-19(4)22-12-13-29(26(22)30)21-10-8-6-7-9-11-21/h12-15,21H,6-11H2,1-5H3. The van der Waals surface area contributed by atoms with Crippen LogP contribution in [0.2, 0.25) is 0 Å². The minimum atomic E-state index is 0.561. The van der Waals surface area contributed by atoms with Crippen LogP contribution in [0.3, 0.4) is 0 Å². The van der Waals surface area contributed by atoms with E-state index in [0.29, 0.717) is 6.04 Å². The molecule has 4 aromatic rings. The summed E-state index contributed by atoms with van der Waals surface area (Å²) >= 11 is 0. The first-order chi connectivity index (χ1) is 14.5. The number of hydrogen-bond donors (Lipinski definition) is 0.